The van der Waals surface area contributed by atoms with Gasteiger partial charge < -0.3 is 14.6 Å². The van der Waals surface area contributed by atoms with Gasteiger partial charge in [-0.05, 0) is 56.9 Å². The van der Waals surface area contributed by atoms with Crippen LogP contribution >= 0.6 is 0 Å². The maximum absolute atomic E-state index is 11.7. The second-order valence-corrected chi connectivity index (χ2v) is 9.45. The molecule has 1 aliphatic carbocycles. The molecule has 0 heterocycles. The molecule has 5 nitrogen and oxygen atoms in total. The van der Waals surface area contributed by atoms with E-state index in [1.807, 2.05) is 12.2 Å². The molecule has 2 unspecified atom stereocenters. The van der Waals surface area contributed by atoms with Crippen LogP contribution in [-0.4, -0.2) is 35.9 Å². The summed E-state index contributed by atoms with van der Waals surface area (Å²) in [5, 5.41) is 9.11. The van der Waals surface area contributed by atoms with Gasteiger partial charge in [0.25, 0.3) is 0 Å². The van der Waals surface area contributed by atoms with E-state index >= 15 is 0 Å². The summed E-state index contributed by atoms with van der Waals surface area (Å²) in [5.74, 6) is 0.223. The highest BCUT2D eigenvalue weighted by Gasteiger charge is 2.32. The molecule has 33 heavy (non-hydrogen) atoms. The van der Waals surface area contributed by atoms with Crippen molar-refractivity contribution in [1.82, 2.24) is 0 Å². The predicted molar refractivity (Wildman–Crippen MR) is 134 cm³/mol. The molecule has 1 aliphatic rings. The van der Waals surface area contributed by atoms with Crippen molar-refractivity contribution in [2.24, 2.45) is 11.8 Å². The van der Waals surface area contributed by atoms with Crippen LogP contribution in [-0.2, 0) is 19.1 Å². The minimum Gasteiger partial charge on any atom is -0.462 e. The number of rotatable bonds is 17. The van der Waals surface area contributed by atoms with Crippen molar-refractivity contribution in [2.75, 3.05) is 6.61 Å². The molecule has 0 saturated heterocycles. The lowest BCUT2D eigenvalue weighted by Gasteiger charge is -2.35. The molecule has 0 bridgehead atoms. The minimum absolute atomic E-state index is 0.0884. The van der Waals surface area contributed by atoms with Crippen molar-refractivity contribution in [1.29, 1.82) is 0 Å². The molecule has 4 atom stereocenters. The quantitative estimate of drug-likeness (QED) is 0.148. The Bertz CT molecular complexity index is 583. The van der Waals surface area contributed by atoms with Crippen LogP contribution in [0, 0.1) is 11.8 Å². The van der Waals surface area contributed by atoms with Gasteiger partial charge in [-0.25, -0.2) is 0 Å². The summed E-state index contributed by atoms with van der Waals surface area (Å²) in [6, 6.07) is 0. The van der Waals surface area contributed by atoms with Gasteiger partial charge in [-0.1, -0.05) is 70.1 Å². The molecule has 0 aromatic rings. The van der Waals surface area contributed by atoms with E-state index in [0.717, 1.165) is 51.4 Å². The SMILES string of the molecule is CCCCCCCCC(/C=C/C=C/[C@H]1CCCC[C@H]1C(CCCCO)OC(C)=O)OC(C)=O. The van der Waals surface area contributed by atoms with Crippen LogP contribution in [0.15, 0.2) is 24.3 Å². The Morgan fingerprint density at radius 1 is 0.879 bits per heavy atom. The van der Waals surface area contributed by atoms with Gasteiger partial charge in [-0.2, -0.15) is 0 Å². The average molecular weight is 465 g/mol. The van der Waals surface area contributed by atoms with Gasteiger partial charge in [-0.15, -0.1) is 0 Å². The summed E-state index contributed by atoms with van der Waals surface area (Å²) >= 11 is 0. The predicted octanol–water partition coefficient (Wildman–Crippen LogP) is 6.68. The van der Waals surface area contributed by atoms with E-state index in [1.54, 1.807) is 0 Å². The van der Waals surface area contributed by atoms with Crippen LogP contribution < -0.4 is 0 Å². The van der Waals surface area contributed by atoms with Gasteiger partial charge in [0.2, 0.25) is 0 Å². The summed E-state index contributed by atoms with van der Waals surface area (Å²) in [6.07, 6.45) is 23.1. The summed E-state index contributed by atoms with van der Waals surface area (Å²) in [4.78, 5) is 23.2. The molecule has 0 amide bonds. The van der Waals surface area contributed by atoms with Crippen LogP contribution in [0.4, 0.5) is 0 Å². The lowest BCUT2D eigenvalue weighted by Crippen LogP contribution is -2.33. The van der Waals surface area contributed by atoms with E-state index in [-0.39, 0.29) is 30.8 Å². The van der Waals surface area contributed by atoms with Crippen LogP contribution in [0.1, 0.15) is 111 Å². The smallest absolute Gasteiger partial charge is 0.303 e. The Morgan fingerprint density at radius 3 is 2.24 bits per heavy atom. The molecule has 5 heteroatoms. The molecule has 1 N–H and O–H groups in total. The molecule has 0 aromatic carbocycles. The number of esters is 2. The fourth-order valence-corrected chi connectivity index (χ4v) is 4.85. The van der Waals surface area contributed by atoms with Crippen molar-refractivity contribution in [3.8, 4) is 0 Å². The average Bonchev–Trinajstić information content (AvgIpc) is 2.78. The lowest BCUT2D eigenvalue weighted by atomic mass is 9.75. The second-order valence-electron chi connectivity index (χ2n) is 9.45. The molecule has 1 fully saturated rings. The Hall–Kier alpha value is -1.62. The second kappa shape index (κ2) is 18.8. The van der Waals surface area contributed by atoms with Gasteiger partial charge in [0, 0.05) is 26.4 Å². The van der Waals surface area contributed by atoms with Gasteiger partial charge in [0.15, 0.2) is 0 Å². The largest absolute Gasteiger partial charge is 0.462 e. The van der Waals surface area contributed by atoms with E-state index in [4.69, 9.17) is 14.6 Å². The first-order chi connectivity index (χ1) is 16.0. The van der Waals surface area contributed by atoms with Gasteiger partial charge in [0.05, 0.1) is 0 Å². The first kappa shape index (κ1) is 29.4. The first-order valence-corrected chi connectivity index (χ1v) is 13.3. The molecule has 0 radical (unpaired) electrons. The number of carbonyl (C=O) groups excluding carboxylic acids is 2. The van der Waals surface area contributed by atoms with Crippen LogP contribution in [0.3, 0.4) is 0 Å². The van der Waals surface area contributed by atoms with Crippen molar-refractivity contribution >= 4 is 11.9 Å². The molecular formula is C28H48O5. The molecule has 190 valence electrons. The molecule has 0 aliphatic heterocycles. The highest BCUT2D eigenvalue weighted by molar-refractivity contribution is 5.66. The number of unbranched alkanes of at least 4 members (excludes halogenated alkanes) is 6. The summed E-state index contributed by atoms with van der Waals surface area (Å²) in [6.45, 7) is 5.34. The summed E-state index contributed by atoms with van der Waals surface area (Å²) in [7, 11) is 0. The van der Waals surface area contributed by atoms with Gasteiger partial charge >= 0.3 is 11.9 Å². The number of hydrogen-bond donors (Lipinski definition) is 1. The number of carbonyl (C=O) groups is 2. The maximum atomic E-state index is 11.7. The van der Waals surface area contributed by atoms with E-state index in [2.05, 4.69) is 19.1 Å². The molecular weight excluding hydrogens is 416 g/mol. The number of allylic oxidation sites excluding steroid dienone is 3. The maximum Gasteiger partial charge on any atom is 0.303 e. The highest BCUT2D eigenvalue weighted by atomic mass is 16.5. The molecule has 0 aromatic heterocycles. The van der Waals surface area contributed by atoms with E-state index < -0.39 is 0 Å². The topological polar surface area (TPSA) is 72.8 Å². The zero-order valence-electron chi connectivity index (χ0n) is 21.3. The minimum atomic E-state index is -0.237. The summed E-state index contributed by atoms with van der Waals surface area (Å²) in [5.41, 5.74) is 0. The Morgan fingerprint density at radius 2 is 1.55 bits per heavy atom. The van der Waals surface area contributed by atoms with Crippen molar-refractivity contribution in [3.05, 3.63) is 24.3 Å². The monoisotopic (exact) mass is 464 g/mol. The molecule has 1 saturated carbocycles. The van der Waals surface area contributed by atoms with Crippen molar-refractivity contribution < 1.29 is 24.2 Å². The van der Waals surface area contributed by atoms with Crippen LogP contribution in [0.25, 0.3) is 0 Å². The fraction of sp³-hybridized carbons (Fsp3) is 0.786. The lowest BCUT2D eigenvalue weighted by molar-refractivity contribution is -0.151. The zero-order valence-corrected chi connectivity index (χ0v) is 21.3. The number of ether oxygens (including phenoxy) is 2. The normalized spacial score (nSPS) is 20.7. The Kier molecular flexibility index (Phi) is 16.7. The Labute approximate surface area is 202 Å². The fourth-order valence-electron chi connectivity index (χ4n) is 4.85. The third kappa shape index (κ3) is 14.3. The first-order valence-electron chi connectivity index (χ1n) is 13.3. The van der Waals surface area contributed by atoms with E-state index in [1.165, 1.54) is 52.4 Å². The number of aliphatic hydroxyl groups is 1. The highest BCUT2D eigenvalue weighted by Crippen LogP contribution is 2.36. The Balaban J connectivity index is 2.66. The van der Waals surface area contributed by atoms with Crippen LogP contribution in [0.5, 0.6) is 0 Å². The van der Waals surface area contributed by atoms with Crippen molar-refractivity contribution in [3.63, 3.8) is 0 Å². The number of hydrogen-bond acceptors (Lipinski definition) is 5. The van der Waals surface area contributed by atoms with Crippen molar-refractivity contribution in [2.45, 2.75) is 123 Å². The summed E-state index contributed by atoms with van der Waals surface area (Å²) < 4.78 is 11.2. The molecule has 0 spiro atoms. The van der Waals surface area contributed by atoms with Gasteiger partial charge in [0.1, 0.15) is 12.2 Å². The number of aliphatic hydroxyl groups excluding tert-OH is 1. The van der Waals surface area contributed by atoms with E-state index in [9.17, 15) is 9.59 Å². The standard InChI is InChI=1S/C28H48O5/c1-4-5-6-7-8-9-18-26(32-23(2)30)19-12-10-16-25-17-11-13-20-27(25)28(33-24(3)31)21-14-15-22-29/h10,12,16,19,25-29H,4-9,11,13-15,17-18,20-22H2,1-3H3/b16-10+,19-12+/t25-,26?,27+,28?/m0/s1. The van der Waals surface area contributed by atoms with Gasteiger partial charge in [-0.3, -0.25) is 9.59 Å². The molecule has 1 rings (SSSR count). The van der Waals surface area contributed by atoms with Crippen LogP contribution in [0.2, 0.25) is 0 Å². The third-order valence-corrected chi connectivity index (χ3v) is 6.52. The van der Waals surface area contributed by atoms with E-state index in [0.29, 0.717) is 11.8 Å². The third-order valence-electron chi connectivity index (χ3n) is 6.52. The zero-order chi connectivity index (χ0) is 24.3.